The first-order valence-electron chi connectivity index (χ1n) is 6.02. The van der Waals surface area contributed by atoms with Crippen LogP contribution in [0.4, 0.5) is 0 Å². The van der Waals surface area contributed by atoms with Crippen LogP contribution in [0.5, 0.6) is 0 Å². The van der Waals surface area contributed by atoms with Crippen LogP contribution in [0, 0.1) is 0 Å². The second kappa shape index (κ2) is 8.04. The summed E-state index contributed by atoms with van der Waals surface area (Å²) in [6.07, 6.45) is 2.63. The summed E-state index contributed by atoms with van der Waals surface area (Å²) in [5.41, 5.74) is 1.16. The fourth-order valence-electron chi connectivity index (χ4n) is 2.09. The summed E-state index contributed by atoms with van der Waals surface area (Å²) >= 11 is 0.144. The van der Waals surface area contributed by atoms with E-state index < -0.39 is 7.60 Å². The van der Waals surface area contributed by atoms with Crippen LogP contribution in [0.2, 0.25) is 5.82 Å². The first kappa shape index (κ1) is 16.7. The van der Waals surface area contributed by atoms with Gasteiger partial charge in [0.15, 0.2) is 0 Å². The van der Waals surface area contributed by atoms with Crippen LogP contribution in [0.3, 0.4) is 0 Å². The van der Waals surface area contributed by atoms with Gasteiger partial charge in [0.25, 0.3) is 0 Å². The third-order valence-electron chi connectivity index (χ3n) is 3.05. The maximum atomic E-state index is 12.7. The quantitative estimate of drug-likeness (QED) is 0.406. The van der Waals surface area contributed by atoms with E-state index >= 15 is 0 Å². The minimum absolute atomic E-state index is 0.101. The molecule has 0 bridgehead atoms. The van der Waals surface area contributed by atoms with Gasteiger partial charge in [0.05, 0.1) is 0 Å². The van der Waals surface area contributed by atoms with Gasteiger partial charge >= 0.3 is 122 Å². The molecule has 2 unspecified atom stereocenters. The standard InChI is InChI=1S/C14H21O3PSe/c1-5-9-13(12-10-7-6-8-11-12)14(19-4)18(15,16-2)17-3/h5-8,10-11,13-14H,1,9H2,2-4H3. The minimum atomic E-state index is -3.06. The van der Waals surface area contributed by atoms with Crippen molar-refractivity contribution in [3.63, 3.8) is 0 Å². The van der Waals surface area contributed by atoms with Crippen molar-refractivity contribution < 1.29 is 13.6 Å². The topological polar surface area (TPSA) is 35.5 Å². The summed E-state index contributed by atoms with van der Waals surface area (Å²) in [5.74, 6) is 2.19. The van der Waals surface area contributed by atoms with E-state index in [0.29, 0.717) is 0 Å². The van der Waals surface area contributed by atoms with Crippen molar-refractivity contribution in [3.05, 3.63) is 48.6 Å². The molecule has 0 heterocycles. The Bertz CT molecular complexity index is 428. The van der Waals surface area contributed by atoms with Crippen molar-refractivity contribution in [1.29, 1.82) is 0 Å². The fraction of sp³-hybridized carbons (Fsp3) is 0.429. The molecule has 1 rings (SSSR count). The zero-order valence-corrected chi connectivity index (χ0v) is 14.2. The van der Waals surface area contributed by atoms with Crippen molar-refractivity contribution in [3.8, 4) is 0 Å². The van der Waals surface area contributed by atoms with E-state index in [2.05, 4.69) is 24.5 Å². The molecule has 0 amide bonds. The molecule has 1 aromatic rings. The Morgan fingerprint density at radius 2 is 1.89 bits per heavy atom. The van der Waals surface area contributed by atoms with Gasteiger partial charge in [-0.15, -0.1) is 0 Å². The number of allylic oxidation sites excluding steroid dienone is 1. The summed E-state index contributed by atoms with van der Waals surface area (Å²) < 4.78 is 23.0. The maximum absolute atomic E-state index is 12.7. The van der Waals surface area contributed by atoms with Crippen LogP contribution in [-0.4, -0.2) is 33.7 Å². The van der Waals surface area contributed by atoms with E-state index in [-0.39, 0.29) is 25.4 Å². The van der Waals surface area contributed by atoms with Crippen LogP contribution < -0.4 is 0 Å². The molecular formula is C14H21O3PSe. The Morgan fingerprint density at radius 3 is 2.32 bits per heavy atom. The van der Waals surface area contributed by atoms with Gasteiger partial charge in [-0.05, 0) is 0 Å². The number of hydrogen-bond acceptors (Lipinski definition) is 3. The Balaban J connectivity index is 3.15. The van der Waals surface area contributed by atoms with E-state index in [9.17, 15) is 4.57 Å². The third-order valence-corrected chi connectivity index (χ3v) is 9.48. The molecule has 0 saturated heterocycles. The van der Waals surface area contributed by atoms with Crippen LogP contribution >= 0.6 is 7.60 Å². The molecule has 106 valence electrons. The number of rotatable bonds is 8. The van der Waals surface area contributed by atoms with Crippen molar-refractivity contribution in [1.82, 2.24) is 0 Å². The van der Waals surface area contributed by atoms with Gasteiger partial charge in [-0.3, -0.25) is 0 Å². The zero-order chi connectivity index (χ0) is 14.3. The first-order valence-corrected chi connectivity index (χ1v) is 10.3. The molecular weight excluding hydrogens is 326 g/mol. The molecule has 0 aliphatic carbocycles. The van der Waals surface area contributed by atoms with Crippen molar-refractivity contribution in [2.24, 2.45) is 0 Å². The predicted molar refractivity (Wildman–Crippen MR) is 81.0 cm³/mol. The van der Waals surface area contributed by atoms with E-state index in [1.165, 1.54) is 14.2 Å². The third kappa shape index (κ3) is 4.04. The summed E-state index contributed by atoms with van der Waals surface area (Å²) in [4.78, 5) is 0. The molecule has 3 nitrogen and oxygen atoms in total. The Kier molecular flexibility index (Phi) is 7.06. The molecule has 5 heteroatoms. The van der Waals surface area contributed by atoms with Gasteiger partial charge in [0, 0.05) is 0 Å². The Labute approximate surface area is 122 Å². The second-order valence-corrected chi connectivity index (χ2v) is 9.28. The molecule has 0 radical (unpaired) electrons. The summed E-state index contributed by atoms with van der Waals surface area (Å²) in [5, 5.41) is 0. The number of hydrogen-bond donors (Lipinski definition) is 0. The molecule has 0 N–H and O–H groups in total. The van der Waals surface area contributed by atoms with Crippen molar-refractivity contribution in [2.75, 3.05) is 14.2 Å². The van der Waals surface area contributed by atoms with Crippen molar-refractivity contribution in [2.45, 2.75) is 22.7 Å². The van der Waals surface area contributed by atoms with E-state index in [1.54, 1.807) is 0 Å². The first-order chi connectivity index (χ1) is 9.12. The molecule has 19 heavy (non-hydrogen) atoms. The van der Waals surface area contributed by atoms with Gasteiger partial charge in [0.1, 0.15) is 0 Å². The normalized spacial score (nSPS) is 14.9. The molecule has 0 aliphatic rings. The summed E-state index contributed by atoms with van der Waals surface area (Å²) in [6, 6.07) is 10.1. The molecule has 0 saturated carbocycles. The Hall–Kier alpha value is -0.371. The predicted octanol–water partition coefficient (Wildman–Crippen LogP) is 3.91. The SMILES string of the molecule is C=CCC(c1ccccc1)C([Se]C)P(=O)(OC)OC. The average molecular weight is 347 g/mol. The zero-order valence-electron chi connectivity index (χ0n) is 11.6. The number of benzene rings is 1. The average Bonchev–Trinajstić information content (AvgIpc) is 2.47. The molecule has 2 atom stereocenters. The van der Waals surface area contributed by atoms with Crippen molar-refractivity contribution >= 4 is 22.6 Å². The molecule has 0 aromatic heterocycles. The fourth-order valence-corrected chi connectivity index (χ4v) is 7.61. The monoisotopic (exact) mass is 348 g/mol. The van der Waals surface area contributed by atoms with Gasteiger partial charge in [0.2, 0.25) is 0 Å². The Morgan fingerprint density at radius 1 is 1.32 bits per heavy atom. The van der Waals surface area contributed by atoms with E-state index in [1.807, 2.05) is 24.3 Å². The molecule has 0 aliphatic heterocycles. The van der Waals surface area contributed by atoms with E-state index in [4.69, 9.17) is 9.05 Å². The second-order valence-electron chi connectivity index (χ2n) is 4.07. The van der Waals surface area contributed by atoms with Gasteiger partial charge < -0.3 is 0 Å². The summed E-state index contributed by atoms with van der Waals surface area (Å²) in [7, 11) is -0.148. The molecule has 0 spiro atoms. The van der Waals surface area contributed by atoms with Crippen LogP contribution in [0.25, 0.3) is 0 Å². The van der Waals surface area contributed by atoms with Gasteiger partial charge in [-0.25, -0.2) is 0 Å². The summed E-state index contributed by atoms with van der Waals surface area (Å²) in [6.45, 7) is 3.81. The van der Waals surface area contributed by atoms with Gasteiger partial charge in [-0.2, -0.15) is 0 Å². The van der Waals surface area contributed by atoms with E-state index in [0.717, 1.165) is 12.0 Å². The van der Waals surface area contributed by atoms with Gasteiger partial charge in [-0.1, -0.05) is 0 Å². The van der Waals surface area contributed by atoms with Crippen LogP contribution in [0.15, 0.2) is 43.0 Å². The van der Waals surface area contributed by atoms with Crippen LogP contribution in [-0.2, 0) is 13.6 Å². The molecule has 0 fully saturated rings. The molecule has 1 aromatic carbocycles. The van der Waals surface area contributed by atoms with Crippen LogP contribution in [0.1, 0.15) is 17.9 Å².